The molecule has 0 atom stereocenters. The van der Waals surface area contributed by atoms with E-state index >= 15 is 0 Å². The Bertz CT molecular complexity index is 469. The maximum Gasteiger partial charge on any atom is 0.112 e. The predicted molar refractivity (Wildman–Crippen MR) is 70.4 cm³/mol. The minimum Gasteiger partial charge on any atom is -0.495 e. The molecule has 0 aliphatic heterocycles. The number of nitriles is 1. The van der Waals surface area contributed by atoms with Crippen LogP contribution < -0.4 is 0 Å². The van der Waals surface area contributed by atoms with E-state index in [-0.39, 0.29) is 0 Å². The van der Waals surface area contributed by atoms with E-state index in [2.05, 4.69) is 12.6 Å². The van der Waals surface area contributed by atoms with Crippen LogP contribution in [0.15, 0.2) is 30.5 Å². The number of nitrogens with zero attached hydrogens (tertiary/aromatic N) is 1. The summed E-state index contributed by atoms with van der Waals surface area (Å²) in [7, 11) is 0. The van der Waals surface area contributed by atoms with Gasteiger partial charge in [-0.05, 0) is 55.7 Å². The van der Waals surface area contributed by atoms with Gasteiger partial charge in [-0.2, -0.15) is 5.26 Å². The Hall–Kier alpha value is -2.01. The van der Waals surface area contributed by atoms with Crippen LogP contribution in [0, 0.1) is 25.2 Å². The maximum atomic E-state index is 8.86. The Kier molecular flexibility index (Phi) is 4.54. The Morgan fingerprint density at radius 1 is 1.41 bits per heavy atom. The van der Waals surface area contributed by atoms with E-state index in [0.29, 0.717) is 17.9 Å². The lowest BCUT2D eigenvalue weighted by Crippen LogP contribution is -1.90. The van der Waals surface area contributed by atoms with Crippen LogP contribution in [0.2, 0.25) is 0 Å². The first-order valence-electron chi connectivity index (χ1n) is 5.59. The van der Waals surface area contributed by atoms with Crippen molar-refractivity contribution in [1.29, 1.82) is 5.26 Å². The minimum absolute atomic E-state index is 0.620. The van der Waals surface area contributed by atoms with Crippen molar-refractivity contribution >= 4 is 6.08 Å². The van der Waals surface area contributed by atoms with Gasteiger partial charge >= 0.3 is 0 Å². The molecule has 1 aromatic carbocycles. The molecule has 0 unspecified atom stereocenters. The molecule has 2 heteroatoms. The van der Waals surface area contributed by atoms with E-state index in [4.69, 9.17) is 10.00 Å². The van der Waals surface area contributed by atoms with E-state index in [1.165, 1.54) is 0 Å². The van der Waals surface area contributed by atoms with Crippen LogP contribution in [0.1, 0.15) is 29.2 Å². The number of hydrogen-bond acceptors (Lipinski definition) is 2. The molecule has 1 aromatic rings. The van der Waals surface area contributed by atoms with Crippen LogP contribution in [-0.4, -0.2) is 6.61 Å². The summed E-state index contributed by atoms with van der Waals surface area (Å²) >= 11 is 0. The van der Waals surface area contributed by atoms with Gasteiger partial charge in [0.05, 0.1) is 18.2 Å². The van der Waals surface area contributed by atoms with Gasteiger partial charge in [-0.1, -0.05) is 12.7 Å². The smallest absolute Gasteiger partial charge is 0.112 e. The quantitative estimate of drug-likeness (QED) is 0.580. The molecule has 0 aliphatic carbocycles. The fourth-order valence-corrected chi connectivity index (χ4v) is 1.71. The SMILES string of the molecule is C=C(/C=C/c1c(C)cc(C#N)cc1C)OCC. The van der Waals surface area contributed by atoms with Gasteiger partial charge in [0.15, 0.2) is 0 Å². The van der Waals surface area contributed by atoms with Crippen molar-refractivity contribution in [3.63, 3.8) is 0 Å². The third-order valence-electron chi connectivity index (χ3n) is 2.49. The fourth-order valence-electron chi connectivity index (χ4n) is 1.71. The van der Waals surface area contributed by atoms with Gasteiger partial charge < -0.3 is 4.74 Å². The van der Waals surface area contributed by atoms with E-state index in [0.717, 1.165) is 16.7 Å². The topological polar surface area (TPSA) is 33.0 Å². The summed E-state index contributed by atoms with van der Waals surface area (Å²) < 4.78 is 5.25. The van der Waals surface area contributed by atoms with Crippen LogP contribution in [0.25, 0.3) is 6.08 Å². The van der Waals surface area contributed by atoms with Gasteiger partial charge in [0.1, 0.15) is 5.76 Å². The number of aryl methyl sites for hydroxylation is 2. The van der Waals surface area contributed by atoms with Crippen molar-refractivity contribution in [1.82, 2.24) is 0 Å². The molecule has 0 saturated heterocycles. The van der Waals surface area contributed by atoms with Crippen LogP contribution in [0.4, 0.5) is 0 Å². The maximum absolute atomic E-state index is 8.86. The largest absolute Gasteiger partial charge is 0.495 e. The zero-order chi connectivity index (χ0) is 12.8. The molecule has 1 rings (SSSR count). The highest BCUT2D eigenvalue weighted by molar-refractivity contribution is 5.61. The Morgan fingerprint density at radius 3 is 2.47 bits per heavy atom. The van der Waals surface area contributed by atoms with Crippen LogP contribution in [-0.2, 0) is 4.74 Å². The summed E-state index contributed by atoms with van der Waals surface area (Å²) in [5, 5.41) is 8.86. The fraction of sp³-hybridized carbons (Fsp3) is 0.267. The van der Waals surface area contributed by atoms with E-state index in [1.807, 2.05) is 45.1 Å². The molecule has 88 valence electrons. The van der Waals surface area contributed by atoms with E-state index < -0.39 is 0 Å². The van der Waals surface area contributed by atoms with Gasteiger partial charge in [0, 0.05) is 0 Å². The summed E-state index contributed by atoms with van der Waals surface area (Å²) in [6.07, 6.45) is 3.83. The number of ether oxygens (including phenoxy) is 1. The second-order valence-corrected chi connectivity index (χ2v) is 3.87. The molecule has 0 saturated carbocycles. The second kappa shape index (κ2) is 5.91. The van der Waals surface area contributed by atoms with Crippen LogP contribution >= 0.6 is 0 Å². The molecule has 0 amide bonds. The van der Waals surface area contributed by atoms with E-state index in [9.17, 15) is 0 Å². The van der Waals surface area contributed by atoms with Crippen molar-refractivity contribution in [2.24, 2.45) is 0 Å². The van der Waals surface area contributed by atoms with Crippen molar-refractivity contribution in [3.05, 3.63) is 52.8 Å². The molecule has 17 heavy (non-hydrogen) atoms. The average Bonchev–Trinajstić information content (AvgIpc) is 2.28. The number of hydrogen-bond donors (Lipinski definition) is 0. The van der Waals surface area contributed by atoms with Crippen molar-refractivity contribution in [3.8, 4) is 6.07 Å². The summed E-state index contributed by atoms with van der Waals surface area (Å²) in [5.74, 6) is 0.649. The summed E-state index contributed by atoms with van der Waals surface area (Å²) in [4.78, 5) is 0. The normalized spacial score (nSPS) is 10.2. The van der Waals surface area contributed by atoms with Crippen LogP contribution in [0.5, 0.6) is 0 Å². The first-order chi connectivity index (χ1) is 8.08. The van der Waals surface area contributed by atoms with Gasteiger partial charge in [0.25, 0.3) is 0 Å². The average molecular weight is 227 g/mol. The number of allylic oxidation sites excluding steroid dienone is 1. The lowest BCUT2D eigenvalue weighted by atomic mass is 9.99. The highest BCUT2D eigenvalue weighted by atomic mass is 16.5. The Balaban J connectivity index is 3.00. The molecule has 0 aliphatic rings. The number of rotatable bonds is 4. The molecular formula is C15H17NO. The Labute approximate surface area is 103 Å². The van der Waals surface area contributed by atoms with Crippen molar-refractivity contribution in [2.75, 3.05) is 6.61 Å². The van der Waals surface area contributed by atoms with Gasteiger partial charge in [0.2, 0.25) is 0 Å². The lowest BCUT2D eigenvalue weighted by Gasteiger charge is -2.06. The lowest BCUT2D eigenvalue weighted by molar-refractivity contribution is 0.244. The predicted octanol–water partition coefficient (Wildman–Crippen LogP) is 3.74. The number of benzene rings is 1. The van der Waals surface area contributed by atoms with Gasteiger partial charge in [-0.25, -0.2) is 0 Å². The first-order valence-corrected chi connectivity index (χ1v) is 5.59. The third kappa shape index (κ3) is 3.49. The minimum atomic E-state index is 0.620. The molecule has 0 bridgehead atoms. The zero-order valence-corrected chi connectivity index (χ0v) is 10.6. The molecule has 0 heterocycles. The summed E-state index contributed by atoms with van der Waals surface area (Å²) in [6.45, 7) is 10.3. The molecule has 0 spiro atoms. The molecular weight excluding hydrogens is 210 g/mol. The van der Waals surface area contributed by atoms with Gasteiger partial charge in [-0.3, -0.25) is 0 Å². The highest BCUT2D eigenvalue weighted by Gasteiger charge is 2.02. The summed E-state index contributed by atoms with van der Waals surface area (Å²) in [5.41, 5.74) is 3.98. The molecule has 0 N–H and O–H groups in total. The van der Waals surface area contributed by atoms with Crippen LogP contribution in [0.3, 0.4) is 0 Å². The molecule has 2 nitrogen and oxygen atoms in total. The zero-order valence-electron chi connectivity index (χ0n) is 10.6. The second-order valence-electron chi connectivity index (χ2n) is 3.87. The Morgan fingerprint density at radius 2 is 2.00 bits per heavy atom. The van der Waals surface area contributed by atoms with Gasteiger partial charge in [-0.15, -0.1) is 0 Å². The molecule has 0 aromatic heterocycles. The van der Waals surface area contributed by atoms with Crippen molar-refractivity contribution < 1.29 is 4.74 Å². The van der Waals surface area contributed by atoms with Crippen molar-refractivity contribution in [2.45, 2.75) is 20.8 Å². The highest BCUT2D eigenvalue weighted by Crippen LogP contribution is 2.18. The third-order valence-corrected chi connectivity index (χ3v) is 2.49. The first kappa shape index (κ1) is 13.1. The summed E-state index contributed by atoms with van der Waals surface area (Å²) in [6, 6.07) is 5.92. The molecule has 0 radical (unpaired) electrons. The van der Waals surface area contributed by atoms with E-state index in [1.54, 1.807) is 0 Å². The monoisotopic (exact) mass is 227 g/mol. The molecule has 0 fully saturated rings. The standard InChI is InChI=1S/C15H17NO/c1-5-17-13(4)6-7-15-11(2)8-14(10-16)9-12(15)3/h6-9H,4-5H2,1-3H3/b7-6+.